The largest absolute Gasteiger partial charge is 0.481 e. The van der Waals surface area contributed by atoms with Crippen LogP contribution in [0.3, 0.4) is 0 Å². The van der Waals surface area contributed by atoms with Gasteiger partial charge in [0.1, 0.15) is 0 Å². The number of nitrogens with one attached hydrogen (secondary N) is 1. The standard InChI is InChI=1S/C18H24N2O3.ClH/c1-20(2)8-6-13-11-19-15-5-3-4-14(17(13)15)16-10-12(18(21)22)7-9-23-16;/h3-5,11-12,16,19H,6-10H2,1-2H3,(H,21,22);1H. The Morgan fingerprint density at radius 1 is 1.42 bits per heavy atom. The summed E-state index contributed by atoms with van der Waals surface area (Å²) in [6, 6.07) is 6.15. The van der Waals surface area contributed by atoms with Crippen LogP contribution >= 0.6 is 12.4 Å². The molecule has 1 aliphatic rings. The molecule has 5 nitrogen and oxygen atoms in total. The van der Waals surface area contributed by atoms with E-state index in [1.807, 2.05) is 6.07 Å². The molecule has 2 aromatic rings. The zero-order valence-electron chi connectivity index (χ0n) is 14.1. The van der Waals surface area contributed by atoms with E-state index in [0.29, 0.717) is 19.4 Å². The lowest BCUT2D eigenvalue weighted by molar-refractivity contribution is -0.147. The van der Waals surface area contributed by atoms with Crippen LogP contribution in [0.1, 0.15) is 30.1 Å². The molecule has 0 bridgehead atoms. The Morgan fingerprint density at radius 2 is 2.21 bits per heavy atom. The van der Waals surface area contributed by atoms with Gasteiger partial charge in [-0.2, -0.15) is 0 Å². The molecule has 2 unspecified atom stereocenters. The lowest BCUT2D eigenvalue weighted by Gasteiger charge is -2.28. The summed E-state index contributed by atoms with van der Waals surface area (Å²) in [7, 11) is 4.13. The minimum atomic E-state index is -0.715. The summed E-state index contributed by atoms with van der Waals surface area (Å²) < 4.78 is 5.91. The second-order valence-corrected chi connectivity index (χ2v) is 6.56. The lowest BCUT2D eigenvalue weighted by Crippen LogP contribution is -2.25. The van der Waals surface area contributed by atoms with E-state index in [9.17, 15) is 9.90 Å². The van der Waals surface area contributed by atoms with E-state index in [-0.39, 0.29) is 24.4 Å². The van der Waals surface area contributed by atoms with Crippen molar-refractivity contribution < 1.29 is 14.6 Å². The van der Waals surface area contributed by atoms with E-state index in [0.717, 1.165) is 24.0 Å². The third-order valence-corrected chi connectivity index (χ3v) is 4.63. The number of H-pyrrole nitrogens is 1. The molecular weight excluding hydrogens is 328 g/mol. The first-order valence-corrected chi connectivity index (χ1v) is 8.14. The Hall–Kier alpha value is -1.56. The maximum Gasteiger partial charge on any atom is 0.306 e. The summed E-state index contributed by atoms with van der Waals surface area (Å²) in [5.41, 5.74) is 3.48. The maximum atomic E-state index is 11.3. The highest BCUT2D eigenvalue weighted by molar-refractivity contribution is 5.87. The average Bonchev–Trinajstić information content (AvgIpc) is 2.96. The van der Waals surface area contributed by atoms with Crippen molar-refractivity contribution in [3.63, 3.8) is 0 Å². The second kappa shape index (κ2) is 8.01. The first-order chi connectivity index (χ1) is 11.1. The summed E-state index contributed by atoms with van der Waals surface area (Å²) in [6.07, 6.45) is 4.03. The number of nitrogens with zero attached hydrogens (tertiary/aromatic N) is 1. The van der Waals surface area contributed by atoms with E-state index in [1.54, 1.807) is 0 Å². The van der Waals surface area contributed by atoms with Crippen LogP contribution in [0.25, 0.3) is 10.9 Å². The Labute approximate surface area is 148 Å². The predicted molar refractivity (Wildman–Crippen MR) is 96.9 cm³/mol. The number of aromatic amines is 1. The Bertz CT molecular complexity index is 699. The minimum absolute atomic E-state index is 0. The Morgan fingerprint density at radius 3 is 2.92 bits per heavy atom. The number of halogens is 1. The fourth-order valence-electron chi connectivity index (χ4n) is 3.33. The van der Waals surface area contributed by atoms with E-state index in [2.05, 4.69) is 42.3 Å². The number of rotatable bonds is 5. The highest BCUT2D eigenvalue weighted by Crippen LogP contribution is 2.36. The van der Waals surface area contributed by atoms with Crippen LogP contribution in [-0.2, 0) is 16.0 Å². The van der Waals surface area contributed by atoms with Crippen molar-refractivity contribution in [1.29, 1.82) is 0 Å². The van der Waals surface area contributed by atoms with Crippen LogP contribution in [0.5, 0.6) is 0 Å². The van der Waals surface area contributed by atoms with Crippen LogP contribution < -0.4 is 0 Å². The van der Waals surface area contributed by atoms with E-state index >= 15 is 0 Å². The van der Waals surface area contributed by atoms with Gasteiger partial charge in [0.2, 0.25) is 0 Å². The summed E-state index contributed by atoms with van der Waals surface area (Å²) in [6.45, 7) is 1.49. The fourth-order valence-corrected chi connectivity index (χ4v) is 3.33. The molecule has 6 heteroatoms. The quantitative estimate of drug-likeness (QED) is 0.867. The second-order valence-electron chi connectivity index (χ2n) is 6.56. The molecule has 2 heterocycles. The van der Waals surface area contributed by atoms with Crippen molar-refractivity contribution in [1.82, 2.24) is 9.88 Å². The van der Waals surface area contributed by atoms with E-state index in [4.69, 9.17) is 4.74 Å². The highest BCUT2D eigenvalue weighted by atomic mass is 35.5. The van der Waals surface area contributed by atoms with Crippen LogP contribution in [-0.4, -0.2) is 48.2 Å². The third-order valence-electron chi connectivity index (χ3n) is 4.63. The first-order valence-electron chi connectivity index (χ1n) is 8.14. The van der Waals surface area contributed by atoms with Gasteiger partial charge in [0.05, 0.1) is 12.0 Å². The van der Waals surface area contributed by atoms with Gasteiger partial charge >= 0.3 is 5.97 Å². The summed E-state index contributed by atoms with van der Waals surface area (Å²) >= 11 is 0. The molecule has 24 heavy (non-hydrogen) atoms. The third kappa shape index (κ3) is 3.91. The molecule has 0 amide bonds. The maximum absolute atomic E-state index is 11.3. The van der Waals surface area contributed by atoms with Gasteiger partial charge in [-0.25, -0.2) is 0 Å². The number of carboxylic acids is 1. The predicted octanol–water partition coefficient (Wildman–Crippen LogP) is 3.25. The molecule has 132 valence electrons. The number of ether oxygens (including phenoxy) is 1. The molecule has 2 atom stereocenters. The molecule has 3 rings (SSSR count). The van der Waals surface area contributed by atoms with Gasteiger partial charge in [-0.3, -0.25) is 4.79 Å². The van der Waals surface area contributed by atoms with Crippen molar-refractivity contribution in [3.05, 3.63) is 35.5 Å². The van der Waals surface area contributed by atoms with Gasteiger partial charge < -0.3 is 19.7 Å². The molecule has 0 saturated carbocycles. The number of benzene rings is 1. The molecule has 0 spiro atoms. The monoisotopic (exact) mass is 352 g/mol. The molecular formula is C18H25ClN2O3. The lowest BCUT2D eigenvalue weighted by atomic mass is 9.89. The van der Waals surface area contributed by atoms with Crippen molar-refractivity contribution in [2.45, 2.75) is 25.4 Å². The molecule has 0 radical (unpaired) electrons. The molecule has 1 saturated heterocycles. The SMILES string of the molecule is CN(C)CCc1c[nH]c2cccc(C3CC(C(=O)O)CCO3)c12.Cl. The van der Waals surface area contributed by atoms with E-state index in [1.165, 1.54) is 10.9 Å². The van der Waals surface area contributed by atoms with Crippen molar-refractivity contribution in [2.75, 3.05) is 27.2 Å². The topological polar surface area (TPSA) is 65.6 Å². The first kappa shape index (κ1) is 18.8. The smallest absolute Gasteiger partial charge is 0.306 e. The van der Waals surface area contributed by atoms with Crippen LogP contribution in [0.2, 0.25) is 0 Å². The van der Waals surface area contributed by atoms with Gasteiger partial charge in [-0.05, 0) is 50.6 Å². The van der Waals surface area contributed by atoms with Crippen LogP contribution in [0, 0.1) is 5.92 Å². The molecule has 1 aliphatic heterocycles. The van der Waals surface area contributed by atoms with Gasteiger partial charge in [0.25, 0.3) is 0 Å². The Kier molecular flexibility index (Phi) is 6.27. The number of aliphatic carboxylic acids is 1. The fraction of sp³-hybridized carbons (Fsp3) is 0.500. The number of likely N-dealkylation sites (N-methyl/N-ethyl adjacent to an activating group) is 1. The Balaban J connectivity index is 0.00000208. The van der Waals surface area contributed by atoms with Crippen LogP contribution in [0.4, 0.5) is 0 Å². The van der Waals surface area contributed by atoms with Crippen molar-refractivity contribution in [3.8, 4) is 0 Å². The number of hydrogen-bond acceptors (Lipinski definition) is 3. The van der Waals surface area contributed by atoms with Crippen molar-refractivity contribution >= 4 is 29.3 Å². The van der Waals surface area contributed by atoms with Gasteiger partial charge in [0, 0.05) is 30.3 Å². The number of fused-ring (bicyclic) bond motifs is 1. The molecule has 1 aromatic carbocycles. The number of carbonyl (C=O) groups is 1. The zero-order valence-corrected chi connectivity index (χ0v) is 14.9. The van der Waals surface area contributed by atoms with Gasteiger partial charge in [-0.15, -0.1) is 12.4 Å². The minimum Gasteiger partial charge on any atom is -0.481 e. The van der Waals surface area contributed by atoms with Crippen LogP contribution in [0.15, 0.2) is 24.4 Å². The molecule has 2 N–H and O–H groups in total. The van der Waals surface area contributed by atoms with Gasteiger partial charge in [-0.1, -0.05) is 12.1 Å². The normalized spacial score (nSPS) is 21.0. The number of hydrogen-bond donors (Lipinski definition) is 2. The zero-order chi connectivity index (χ0) is 16.4. The summed E-state index contributed by atoms with van der Waals surface area (Å²) in [5, 5.41) is 10.5. The summed E-state index contributed by atoms with van der Waals surface area (Å²) in [5.74, 6) is -1.03. The van der Waals surface area contributed by atoms with E-state index < -0.39 is 5.97 Å². The molecule has 1 aromatic heterocycles. The average molecular weight is 353 g/mol. The van der Waals surface area contributed by atoms with Crippen molar-refractivity contribution in [2.24, 2.45) is 5.92 Å². The molecule has 0 aliphatic carbocycles. The highest BCUT2D eigenvalue weighted by Gasteiger charge is 2.30. The molecule has 1 fully saturated rings. The number of aromatic nitrogens is 1. The summed E-state index contributed by atoms with van der Waals surface area (Å²) in [4.78, 5) is 16.8. The number of carboxylic acid groups (broad SMARTS) is 1. The van der Waals surface area contributed by atoms with Gasteiger partial charge in [0.15, 0.2) is 0 Å².